The zero-order valence-corrected chi connectivity index (χ0v) is 21.8. The summed E-state index contributed by atoms with van der Waals surface area (Å²) in [5, 5.41) is 7.57. The molecule has 4 aromatic rings. The molecule has 38 heavy (non-hydrogen) atoms. The summed E-state index contributed by atoms with van der Waals surface area (Å²) >= 11 is 0. The normalized spacial score (nSPS) is 12.7. The fourth-order valence-electron chi connectivity index (χ4n) is 4.85. The van der Waals surface area contributed by atoms with Crippen molar-refractivity contribution in [1.82, 2.24) is 4.98 Å². The molecule has 1 aliphatic rings. The summed E-state index contributed by atoms with van der Waals surface area (Å²) in [6.07, 6.45) is 7.37. The minimum atomic E-state index is -0.251. The van der Waals surface area contributed by atoms with E-state index in [2.05, 4.69) is 10.6 Å². The number of carbonyl (C=O) groups is 1. The molecule has 1 heterocycles. The maximum atomic E-state index is 12.9. The number of aromatic nitrogens is 1. The Bertz CT molecular complexity index is 1510. The molecule has 3 aromatic carbocycles. The van der Waals surface area contributed by atoms with E-state index in [0.29, 0.717) is 17.2 Å². The van der Waals surface area contributed by atoms with Crippen molar-refractivity contribution in [3.8, 4) is 17.2 Å². The quantitative estimate of drug-likeness (QED) is 0.263. The zero-order valence-electron chi connectivity index (χ0n) is 21.8. The van der Waals surface area contributed by atoms with Crippen LogP contribution in [0.15, 0.2) is 66.7 Å². The first-order valence-electron chi connectivity index (χ1n) is 12.7. The number of para-hydroxylation sites is 2. The minimum absolute atomic E-state index is 0.251. The number of ether oxygens (including phenoxy) is 3. The van der Waals surface area contributed by atoms with E-state index in [-0.39, 0.29) is 5.91 Å². The third-order valence-corrected chi connectivity index (χ3v) is 6.75. The van der Waals surface area contributed by atoms with Gasteiger partial charge in [0.2, 0.25) is 5.91 Å². The lowest BCUT2D eigenvalue weighted by atomic mass is 9.92. The molecule has 7 heteroatoms. The zero-order chi connectivity index (χ0) is 26.5. The van der Waals surface area contributed by atoms with Crippen LogP contribution in [0.3, 0.4) is 0 Å². The van der Waals surface area contributed by atoms with E-state index in [1.165, 1.54) is 11.6 Å². The van der Waals surface area contributed by atoms with Gasteiger partial charge in [0.25, 0.3) is 0 Å². The van der Waals surface area contributed by atoms with E-state index < -0.39 is 0 Å². The SMILES string of the molecule is COc1ccc(OC)c(C=CC(=O)Nc2ccc3nc4c(c(Nc5ccccc5OC)c3c2)CCCC4)c1. The Labute approximate surface area is 222 Å². The standard InChI is InChI=1S/C31H31N3O4/c1-36-22-14-16-28(37-2)20(18-22)12-17-30(35)32-21-13-15-26-24(19-21)31(23-8-4-5-9-25(23)33-26)34-27-10-6-7-11-29(27)38-3/h6-7,10-19H,4-5,8-9H2,1-3H3,(H,32,35)(H,33,34). The van der Waals surface area contributed by atoms with Crippen molar-refractivity contribution in [3.63, 3.8) is 0 Å². The first-order chi connectivity index (χ1) is 18.6. The topological polar surface area (TPSA) is 81.7 Å². The molecule has 0 radical (unpaired) electrons. The number of nitrogens with one attached hydrogen (secondary N) is 2. The van der Waals surface area contributed by atoms with Crippen LogP contribution in [0.5, 0.6) is 17.2 Å². The molecule has 0 atom stereocenters. The van der Waals surface area contributed by atoms with Gasteiger partial charge in [0.15, 0.2) is 0 Å². The Morgan fingerprint density at radius 3 is 2.53 bits per heavy atom. The Morgan fingerprint density at radius 1 is 0.895 bits per heavy atom. The van der Waals surface area contributed by atoms with Gasteiger partial charge in [-0.25, -0.2) is 0 Å². The minimum Gasteiger partial charge on any atom is -0.497 e. The molecular formula is C31H31N3O4. The number of aryl methyl sites for hydroxylation is 1. The molecule has 1 aromatic heterocycles. The van der Waals surface area contributed by atoms with Crippen LogP contribution in [-0.4, -0.2) is 32.2 Å². The number of hydrogen-bond acceptors (Lipinski definition) is 6. The van der Waals surface area contributed by atoms with E-state index in [4.69, 9.17) is 19.2 Å². The molecule has 5 rings (SSSR count). The monoisotopic (exact) mass is 509 g/mol. The second-order valence-electron chi connectivity index (χ2n) is 9.11. The van der Waals surface area contributed by atoms with Crippen LogP contribution < -0.4 is 24.8 Å². The first kappa shape index (κ1) is 25.1. The average Bonchev–Trinajstić information content (AvgIpc) is 2.96. The van der Waals surface area contributed by atoms with Gasteiger partial charge in [0, 0.05) is 28.4 Å². The van der Waals surface area contributed by atoms with Gasteiger partial charge in [-0.05, 0) is 85.9 Å². The number of hydrogen-bond donors (Lipinski definition) is 2. The summed E-state index contributed by atoms with van der Waals surface area (Å²) in [6, 6.07) is 19.1. The van der Waals surface area contributed by atoms with Crippen molar-refractivity contribution in [2.24, 2.45) is 0 Å². The number of amides is 1. The molecule has 2 N–H and O–H groups in total. The van der Waals surface area contributed by atoms with Crippen molar-refractivity contribution in [1.29, 1.82) is 0 Å². The summed E-state index contributed by atoms with van der Waals surface area (Å²) in [6.45, 7) is 0. The van der Waals surface area contributed by atoms with E-state index in [9.17, 15) is 4.79 Å². The highest BCUT2D eigenvalue weighted by Gasteiger charge is 2.20. The molecule has 1 amide bonds. The van der Waals surface area contributed by atoms with Crippen LogP contribution in [0.4, 0.5) is 17.1 Å². The number of carbonyl (C=O) groups excluding carboxylic acids is 1. The third-order valence-electron chi connectivity index (χ3n) is 6.75. The Balaban J connectivity index is 1.47. The van der Waals surface area contributed by atoms with Gasteiger partial charge in [0.1, 0.15) is 17.2 Å². The molecule has 194 valence electrons. The number of anilines is 3. The molecule has 0 bridgehead atoms. The lowest BCUT2D eigenvalue weighted by Gasteiger charge is -2.22. The number of pyridine rings is 1. The van der Waals surface area contributed by atoms with Crippen molar-refractivity contribution in [2.75, 3.05) is 32.0 Å². The fourth-order valence-corrected chi connectivity index (χ4v) is 4.85. The van der Waals surface area contributed by atoms with Crippen molar-refractivity contribution in [3.05, 3.63) is 83.6 Å². The lowest BCUT2D eigenvalue weighted by Crippen LogP contribution is -2.11. The van der Waals surface area contributed by atoms with Gasteiger partial charge >= 0.3 is 0 Å². The van der Waals surface area contributed by atoms with Crippen LogP contribution in [0.1, 0.15) is 29.7 Å². The van der Waals surface area contributed by atoms with E-state index in [1.54, 1.807) is 27.4 Å². The second-order valence-corrected chi connectivity index (χ2v) is 9.11. The molecule has 0 aliphatic heterocycles. The van der Waals surface area contributed by atoms with Gasteiger partial charge in [-0.2, -0.15) is 0 Å². The molecule has 1 aliphatic carbocycles. The van der Waals surface area contributed by atoms with Crippen LogP contribution in [0, 0.1) is 0 Å². The van der Waals surface area contributed by atoms with Crippen molar-refractivity contribution >= 4 is 39.9 Å². The summed E-state index contributed by atoms with van der Waals surface area (Å²) in [5.74, 6) is 1.86. The van der Waals surface area contributed by atoms with Crippen LogP contribution in [0.25, 0.3) is 17.0 Å². The predicted molar refractivity (Wildman–Crippen MR) is 152 cm³/mol. The summed E-state index contributed by atoms with van der Waals surface area (Å²) in [4.78, 5) is 17.8. The number of nitrogens with zero attached hydrogens (tertiary/aromatic N) is 1. The summed E-state index contributed by atoms with van der Waals surface area (Å²) in [5.41, 5.74) is 6.58. The highest BCUT2D eigenvalue weighted by Crippen LogP contribution is 2.38. The van der Waals surface area contributed by atoms with Gasteiger partial charge in [-0.1, -0.05) is 12.1 Å². The largest absolute Gasteiger partial charge is 0.497 e. The van der Waals surface area contributed by atoms with Gasteiger partial charge in [-0.3, -0.25) is 9.78 Å². The number of methoxy groups -OCH3 is 3. The lowest BCUT2D eigenvalue weighted by molar-refractivity contribution is -0.111. The molecule has 0 unspecified atom stereocenters. The highest BCUT2D eigenvalue weighted by molar-refractivity contribution is 6.04. The van der Waals surface area contributed by atoms with E-state index in [1.807, 2.05) is 60.7 Å². The van der Waals surface area contributed by atoms with E-state index >= 15 is 0 Å². The number of fused-ring (bicyclic) bond motifs is 2. The molecule has 0 saturated heterocycles. The summed E-state index contributed by atoms with van der Waals surface area (Å²) in [7, 11) is 4.87. The maximum absolute atomic E-state index is 12.9. The second kappa shape index (κ2) is 11.3. The van der Waals surface area contributed by atoms with Crippen LogP contribution in [-0.2, 0) is 17.6 Å². The first-order valence-corrected chi connectivity index (χ1v) is 12.7. The van der Waals surface area contributed by atoms with Crippen LogP contribution in [0.2, 0.25) is 0 Å². The van der Waals surface area contributed by atoms with Gasteiger partial charge < -0.3 is 24.8 Å². The van der Waals surface area contributed by atoms with Gasteiger partial charge in [0.05, 0.1) is 38.2 Å². The predicted octanol–water partition coefficient (Wildman–Crippen LogP) is 6.53. The van der Waals surface area contributed by atoms with Crippen LogP contribution >= 0.6 is 0 Å². The third kappa shape index (κ3) is 5.27. The Hall–Kier alpha value is -4.52. The van der Waals surface area contributed by atoms with E-state index in [0.717, 1.165) is 65.0 Å². The Kier molecular flexibility index (Phi) is 7.45. The molecule has 0 saturated carbocycles. The maximum Gasteiger partial charge on any atom is 0.248 e. The van der Waals surface area contributed by atoms with Gasteiger partial charge in [-0.15, -0.1) is 0 Å². The smallest absolute Gasteiger partial charge is 0.248 e. The highest BCUT2D eigenvalue weighted by atomic mass is 16.5. The fraction of sp³-hybridized carbons (Fsp3) is 0.226. The molecule has 0 spiro atoms. The molecule has 7 nitrogen and oxygen atoms in total. The molecule has 0 fully saturated rings. The summed E-state index contributed by atoms with van der Waals surface area (Å²) < 4.78 is 16.3. The van der Waals surface area contributed by atoms with Crippen molar-refractivity contribution < 1.29 is 19.0 Å². The Morgan fingerprint density at radius 2 is 1.71 bits per heavy atom. The van der Waals surface area contributed by atoms with Crippen molar-refractivity contribution in [2.45, 2.75) is 25.7 Å². The number of rotatable bonds is 8. The number of benzene rings is 3. The molecular weight excluding hydrogens is 478 g/mol. The average molecular weight is 510 g/mol.